The van der Waals surface area contributed by atoms with E-state index in [1.807, 2.05) is 43.5 Å². The van der Waals surface area contributed by atoms with Gasteiger partial charge in [0.15, 0.2) is 0 Å². The molecule has 3 heterocycles. The summed E-state index contributed by atoms with van der Waals surface area (Å²) in [6.07, 6.45) is 5.95. The largest absolute Gasteiger partial charge is 0.396 e. The van der Waals surface area contributed by atoms with Crippen molar-refractivity contribution < 1.29 is 0 Å². The zero-order chi connectivity index (χ0) is 22.5. The van der Waals surface area contributed by atoms with E-state index in [0.717, 1.165) is 60.5 Å². The maximum Gasteiger partial charge on any atom is 0.0964 e. The van der Waals surface area contributed by atoms with Crippen molar-refractivity contribution in [3.63, 3.8) is 0 Å². The Kier molecular flexibility index (Phi) is 4.52. The second kappa shape index (κ2) is 7.57. The number of nitrogen functional groups attached to an aromatic ring is 1. The standard InChI is InChI=1S/C28H22N4S/c1-2-6-25-27(29)21-7-3-4-8-23(21)32(25)19-12-15-24-22(17-19)28-26(9-5-16-30-28)31(24)18-10-13-20(33)14-11-18/h2-17,33H,29H2,1H3/b6-2-. The van der Waals surface area contributed by atoms with Gasteiger partial charge in [-0.2, -0.15) is 0 Å². The van der Waals surface area contributed by atoms with Crippen LogP contribution in [0.2, 0.25) is 0 Å². The number of hydrogen-bond donors (Lipinski definition) is 2. The molecule has 6 aromatic rings. The smallest absolute Gasteiger partial charge is 0.0964 e. The van der Waals surface area contributed by atoms with Gasteiger partial charge >= 0.3 is 0 Å². The third-order valence-electron chi connectivity index (χ3n) is 6.15. The summed E-state index contributed by atoms with van der Waals surface area (Å²) in [6.45, 7) is 2.01. The minimum absolute atomic E-state index is 0.788. The van der Waals surface area contributed by atoms with E-state index in [1.54, 1.807) is 0 Å². The minimum atomic E-state index is 0.788. The molecule has 0 unspecified atom stereocenters. The minimum Gasteiger partial charge on any atom is -0.396 e. The highest BCUT2D eigenvalue weighted by atomic mass is 32.1. The van der Waals surface area contributed by atoms with Crippen LogP contribution >= 0.6 is 12.6 Å². The van der Waals surface area contributed by atoms with Gasteiger partial charge in [-0.25, -0.2) is 0 Å². The van der Waals surface area contributed by atoms with Crippen LogP contribution in [-0.4, -0.2) is 14.1 Å². The molecule has 0 fully saturated rings. The van der Waals surface area contributed by atoms with Crippen molar-refractivity contribution in [2.24, 2.45) is 0 Å². The molecule has 3 aromatic heterocycles. The Morgan fingerprint density at radius 2 is 1.52 bits per heavy atom. The number of rotatable bonds is 3. The SMILES string of the molecule is C/C=C\c1c(N)c2ccccc2n1-c1ccc2c(c1)c1ncccc1n2-c1ccc(S)cc1. The van der Waals surface area contributed by atoms with E-state index in [1.165, 1.54) is 0 Å². The summed E-state index contributed by atoms with van der Waals surface area (Å²) < 4.78 is 4.48. The Hall–Kier alpha value is -3.96. The first-order chi connectivity index (χ1) is 16.2. The fraction of sp³-hybridized carbons (Fsp3) is 0.0357. The molecule has 0 bridgehead atoms. The predicted octanol–water partition coefficient (Wildman–Crippen LogP) is 7.03. The summed E-state index contributed by atoms with van der Waals surface area (Å²) in [5, 5.41) is 2.15. The van der Waals surface area contributed by atoms with E-state index in [4.69, 9.17) is 10.7 Å². The molecule has 5 heteroatoms. The lowest BCUT2D eigenvalue weighted by Crippen LogP contribution is -1.98. The van der Waals surface area contributed by atoms with Gasteiger partial charge in [-0.3, -0.25) is 4.98 Å². The molecule has 0 saturated heterocycles. The molecular weight excluding hydrogens is 424 g/mol. The lowest BCUT2D eigenvalue weighted by Gasteiger charge is -2.11. The molecule has 0 spiro atoms. The normalized spacial score (nSPS) is 11.9. The predicted molar refractivity (Wildman–Crippen MR) is 142 cm³/mol. The number of benzene rings is 3. The molecular formula is C28H22N4S. The van der Waals surface area contributed by atoms with Crippen LogP contribution in [0.3, 0.4) is 0 Å². The molecule has 0 aliphatic heterocycles. The Balaban J connectivity index is 1.68. The van der Waals surface area contributed by atoms with Crippen LogP contribution in [0.5, 0.6) is 0 Å². The van der Waals surface area contributed by atoms with E-state index in [-0.39, 0.29) is 0 Å². The molecule has 0 aliphatic rings. The quantitative estimate of drug-likeness (QED) is 0.287. The maximum atomic E-state index is 6.56. The zero-order valence-electron chi connectivity index (χ0n) is 18.1. The molecule has 4 nitrogen and oxygen atoms in total. The van der Waals surface area contributed by atoms with Crippen LogP contribution in [-0.2, 0) is 0 Å². The first kappa shape index (κ1) is 19.7. The van der Waals surface area contributed by atoms with E-state index < -0.39 is 0 Å². The fourth-order valence-electron chi connectivity index (χ4n) is 4.73. The van der Waals surface area contributed by atoms with Crippen LogP contribution in [0.15, 0.2) is 96.0 Å². The van der Waals surface area contributed by atoms with Crippen LogP contribution in [0.1, 0.15) is 12.6 Å². The number of hydrogen-bond acceptors (Lipinski definition) is 3. The molecule has 3 aromatic carbocycles. The highest BCUT2D eigenvalue weighted by Crippen LogP contribution is 2.36. The summed E-state index contributed by atoms with van der Waals surface area (Å²) >= 11 is 4.45. The third-order valence-corrected chi connectivity index (χ3v) is 6.44. The number of fused-ring (bicyclic) bond motifs is 4. The Labute approximate surface area is 197 Å². The van der Waals surface area contributed by atoms with Gasteiger partial charge in [0.2, 0.25) is 0 Å². The number of pyridine rings is 1. The van der Waals surface area contributed by atoms with Crippen molar-refractivity contribution in [1.29, 1.82) is 0 Å². The molecule has 0 saturated carbocycles. The fourth-order valence-corrected chi connectivity index (χ4v) is 4.88. The summed E-state index contributed by atoms with van der Waals surface area (Å²) in [4.78, 5) is 5.69. The van der Waals surface area contributed by atoms with Gasteiger partial charge in [0.1, 0.15) is 0 Å². The topological polar surface area (TPSA) is 48.8 Å². The number of anilines is 1. The monoisotopic (exact) mass is 446 g/mol. The molecule has 6 rings (SSSR count). The van der Waals surface area contributed by atoms with E-state index >= 15 is 0 Å². The van der Waals surface area contributed by atoms with Crippen molar-refractivity contribution in [1.82, 2.24) is 14.1 Å². The number of thiol groups is 1. The lowest BCUT2D eigenvalue weighted by atomic mass is 10.2. The molecule has 0 atom stereocenters. The van der Waals surface area contributed by atoms with Crippen LogP contribution in [0.4, 0.5) is 5.69 Å². The maximum absolute atomic E-state index is 6.56. The van der Waals surface area contributed by atoms with Crippen LogP contribution in [0.25, 0.3) is 50.3 Å². The lowest BCUT2D eigenvalue weighted by molar-refractivity contribution is 1.11. The number of para-hydroxylation sites is 1. The average molecular weight is 447 g/mol. The van der Waals surface area contributed by atoms with Crippen molar-refractivity contribution in [2.75, 3.05) is 5.73 Å². The molecule has 33 heavy (non-hydrogen) atoms. The second-order valence-corrected chi connectivity index (χ2v) is 8.59. The van der Waals surface area contributed by atoms with Gasteiger partial charge in [0.25, 0.3) is 0 Å². The van der Waals surface area contributed by atoms with Gasteiger partial charge in [0.05, 0.1) is 33.4 Å². The van der Waals surface area contributed by atoms with Gasteiger partial charge in [-0.05, 0) is 73.7 Å². The van der Waals surface area contributed by atoms with E-state index in [2.05, 4.69) is 82.4 Å². The van der Waals surface area contributed by atoms with Crippen molar-refractivity contribution in [3.05, 3.63) is 96.8 Å². The summed E-state index contributed by atoms with van der Waals surface area (Å²) in [6, 6.07) is 27.1. The van der Waals surface area contributed by atoms with Gasteiger partial charge in [-0.1, -0.05) is 24.3 Å². The van der Waals surface area contributed by atoms with Crippen molar-refractivity contribution >= 4 is 57.2 Å². The Morgan fingerprint density at radius 1 is 0.788 bits per heavy atom. The second-order valence-electron chi connectivity index (χ2n) is 8.08. The highest BCUT2D eigenvalue weighted by molar-refractivity contribution is 7.80. The molecule has 0 aliphatic carbocycles. The van der Waals surface area contributed by atoms with Crippen molar-refractivity contribution in [2.45, 2.75) is 11.8 Å². The molecule has 2 N–H and O–H groups in total. The summed E-state index contributed by atoms with van der Waals surface area (Å²) in [7, 11) is 0. The van der Waals surface area contributed by atoms with E-state index in [0.29, 0.717) is 0 Å². The Morgan fingerprint density at radius 3 is 2.33 bits per heavy atom. The van der Waals surface area contributed by atoms with Crippen LogP contribution in [0, 0.1) is 0 Å². The molecule has 0 radical (unpaired) electrons. The number of allylic oxidation sites excluding steroid dienone is 1. The van der Waals surface area contributed by atoms with Crippen molar-refractivity contribution in [3.8, 4) is 11.4 Å². The first-order valence-corrected chi connectivity index (χ1v) is 11.3. The van der Waals surface area contributed by atoms with Crippen LogP contribution < -0.4 is 5.73 Å². The Bertz CT molecular complexity index is 1690. The molecule has 0 amide bonds. The van der Waals surface area contributed by atoms with E-state index in [9.17, 15) is 0 Å². The highest BCUT2D eigenvalue weighted by Gasteiger charge is 2.17. The number of nitrogens with two attached hydrogens (primary N) is 1. The van der Waals surface area contributed by atoms with Gasteiger partial charge in [0, 0.05) is 33.2 Å². The number of nitrogens with zero attached hydrogens (tertiary/aromatic N) is 3. The van der Waals surface area contributed by atoms with Gasteiger partial charge < -0.3 is 14.9 Å². The molecule has 160 valence electrons. The zero-order valence-corrected chi connectivity index (χ0v) is 19.0. The number of aromatic nitrogens is 3. The third kappa shape index (κ3) is 2.97. The summed E-state index contributed by atoms with van der Waals surface area (Å²) in [5.74, 6) is 0. The van der Waals surface area contributed by atoms with Gasteiger partial charge in [-0.15, -0.1) is 12.6 Å². The first-order valence-electron chi connectivity index (χ1n) is 10.9. The summed E-state index contributed by atoms with van der Waals surface area (Å²) in [5.41, 5.74) is 14.7. The average Bonchev–Trinajstić information content (AvgIpc) is 3.32.